The second kappa shape index (κ2) is 6.88. The lowest BCUT2D eigenvalue weighted by molar-refractivity contribution is 0.222. The fourth-order valence-corrected chi connectivity index (χ4v) is 1.79. The Morgan fingerprint density at radius 3 is 2.38 bits per heavy atom. The fraction of sp³-hybridized carbons (Fsp3) is 0.400. The molecule has 0 aliphatic rings. The Morgan fingerprint density at radius 1 is 1.10 bits per heavy atom. The van der Waals surface area contributed by atoms with E-state index in [-0.39, 0.29) is 18.1 Å². The average molecular weight is 287 g/mol. The molecular weight excluding hydrogens is 266 g/mol. The van der Waals surface area contributed by atoms with Crippen LogP contribution >= 0.6 is 0 Å². The number of benzene rings is 1. The molecule has 0 bridgehead atoms. The maximum absolute atomic E-state index is 5.66. The zero-order valence-corrected chi connectivity index (χ0v) is 12.6. The van der Waals surface area contributed by atoms with Crippen LogP contribution in [0.3, 0.4) is 0 Å². The predicted octanol–water partition coefficient (Wildman–Crippen LogP) is 2.42. The first-order valence-corrected chi connectivity index (χ1v) is 7.06. The molecule has 3 N–H and O–H groups in total. The molecule has 0 unspecified atom stereocenters. The third kappa shape index (κ3) is 4.59. The quantitative estimate of drug-likeness (QED) is 0.848. The van der Waals surface area contributed by atoms with E-state index in [0.29, 0.717) is 12.5 Å². The molecule has 0 saturated carbocycles. The monoisotopic (exact) mass is 287 g/mol. The summed E-state index contributed by atoms with van der Waals surface area (Å²) < 4.78 is 5.44. The van der Waals surface area contributed by atoms with E-state index in [1.807, 2.05) is 13.8 Å². The summed E-state index contributed by atoms with van der Waals surface area (Å²) in [5.74, 6) is 0.558. The molecule has 112 valence electrons. The maximum atomic E-state index is 5.66. The van der Waals surface area contributed by atoms with Gasteiger partial charge in [0, 0.05) is 6.54 Å². The minimum Gasteiger partial charge on any atom is -0.461 e. The van der Waals surface area contributed by atoms with Crippen LogP contribution in [-0.2, 0) is 13.0 Å². The van der Waals surface area contributed by atoms with Gasteiger partial charge in [0.15, 0.2) is 0 Å². The Morgan fingerprint density at radius 2 is 1.76 bits per heavy atom. The van der Waals surface area contributed by atoms with Gasteiger partial charge >= 0.3 is 6.01 Å². The third-order valence-corrected chi connectivity index (χ3v) is 2.86. The van der Waals surface area contributed by atoms with E-state index in [1.54, 1.807) is 0 Å². The molecule has 0 aliphatic heterocycles. The molecule has 21 heavy (non-hydrogen) atoms. The molecule has 0 aliphatic carbocycles. The number of nitrogens with two attached hydrogens (primary N) is 1. The Bertz CT molecular complexity index is 583. The Labute approximate surface area is 124 Å². The molecule has 0 atom stereocenters. The zero-order valence-electron chi connectivity index (χ0n) is 12.6. The number of nitrogen functional groups attached to an aromatic ring is 1. The summed E-state index contributed by atoms with van der Waals surface area (Å²) in [6.45, 7) is 6.57. The van der Waals surface area contributed by atoms with Crippen molar-refractivity contribution in [3.63, 3.8) is 0 Å². The largest absolute Gasteiger partial charge is 0.461 e. The standard InChI is InChI=1S/C15H21N5O/c1-4-11-5-7-12(8-6-11)9-17-14-18-13(16)19-15(20-14)21-10(2)3/h5-8,10H,4,9H2,1-3H3,(H3,16,17,18,19,20). The van der Waals surface area contributed by atoms with Gasteiger partial charge < -0.3 is 15.8 Å². The van der Waals surface area contributed by atoms with Crippen molar-refractivity contribution in [1.29, 1.82) is 0 Å². The van der Waals surface area contributed by atoms with E-state index >= 15 is 0 Å². The number of rotatable bonds is 6. The molecule has 2 aromatic rings. The minimum atomic E-state index is -0.0127. The zero-order chi connectivity index (χ0) is 15.2. The predicted molar refractivity (Wildman–Crippen MR) is 83.2 cm³/mol. The van der Waals surface area contributed by atoms with Crippen molar-refractivity contribution in [2.24, 2.45) is 0 Å². The van der Waals surface area contributed by atoms with Crippen LogP contribution in [0.5, 0.6) is 6.01 Å². The van der Waals surface area contributed by atoms with E-state index in [4.69, 9.17) is 10.5 Å². The molecule has 1 aromatic heterocycles. The Kier molecular flexibility index (Phi) is 4.92. The Balaban J connectivity index is 2.03. The molecule has 1 aromatic carbocycles. The molecule has 0 fully saturated rings. The van der Waals surface area contributed by atoms with E-state index < -0.39 is 0 Å². The van der Waals surface area contributed by atoms with E-state index in [1.165, 1.54) is 5.56 Å². The van der Waals surface area contributed by atoms with E-state index in [0.717, 1.165) is 12.0 Å². The third-order valence-electron chi connectivity index (χ3n) is 2.86. The van der Waals surface area contributed by atoms with Crippen LogP contribution in [0.25, 0.3) is 0 Å². The molecule has 0 radical (unpaired) electrons. The van der Waals surface area contributed by atoms with Gasteiger partial charge in [-0.15, -0.1) is 0 Å². The van der Waals surface area contributed by atoms with Crippen LogP contribution in [0, 0.1) is 0 Å². The summed E-state index contributed by atoms with van der Waals surface area (Å²) in [6, 6.07) is 8.64. The highest BCUT2D eigenvalue weighted by atomic mass is 16.5. The maximum Gasteiger partial charge on any atom is 0.323 e. The van der Waals surface area contributed by atoms with Gasteiger partial charge in [0.1, 0.15) is 0 Å². The lowest BCUT2D eigenvalue weighted by Gasteiger charge is -2.10. The van der Waals surface area contributed by atoms with Crippen molar-refractivity contribution in [1.82, 2.24) is 15.0 Å². The van der Waals surface area contributed by atoms with Crippen molar-refractivity contribution in [2.45, 2.75) is 39.8 Å². The first kappa shape index (κ1) is 15.0. The summed E-state index contributed by atoms with van der Waals surface area (Å²) in [7, 11) is 0. The molecule has 0 spiro atoms. The van der Waals surface area contributed by atoms with Crippen LogP contribution in [0.4, 0.5) is 11.9 Å². The molecule has 0 amide bonds. The first-order valence-electron chi connectivity index (χ1n) is 7.06. The molecule has 6 nitrogen and oxygen atoms in total. The van der Waals surface area contributed by atoms with E-state index in [9.17, 15) is 0 Å². The van der Waals surface area contributed by atoms with Gasteiger partial charge in [0.25, 0.3) is 0 Å². The first-order chi connectivity index (χ1) is 10.1. The fourth-order valence-electron chi connectivity index (χ4n) is 1.79. The van der Waals surface area contributed by atoms with E-state index in [2.05, 4.69) is 51.5 Å². The SMILES string of the molecule is CCc1ccc(CNc2nc(N)nc(OC(C)C)n2)cc1. The Hall–Kier alpha value is -2.37. The normalized spacial score (nSPS) is 10.7. The van der Waals surface area contributed by atoms with Gasteiger partial charge in [-0.3, -0.25) is 0 Å². The van der Waals surface area contributed by atoms with Crippen molar-refractivity contribution in [2.75, 3.05) is 11.1 Å². The van der Waals surface area contributed by atoms with Gasteiger partial charge in [-0.05, 0) is 31.4 Å². The van der Waals surface area contributed by atoms with Crippen molar-refractivity contribution in [3.8, 4) is 6.01 Å². The topological polar surface area (TPSA) is 86.0 Å². The number of aromatic nitrogens is 3. The molecule has 0 saturated heterocycles. The van der Waals surface area contributed by atoms with Crippen LogP contribution in [0.1, 0.15) is 31.9 Å². The summed E-state index contributed by atoms with van der Waals surface area (Å²) >= 11 is 0. The summed E-state index contributed by atoms with van der Waals surface area (Å²) in [6.07, 6.45) is 1.02. The van der Waals surface area contributed by atoms with Gasteiger partial charge in [-0.2, -0.15) is 15.0 Å². The smallest absolute Gasteiger partial charge is 0.323 e. The van der Waals surface area contributed by atoms with Crippen LogP contribution in [-0.4, -0.2) is 21.1 Å². The van der Waals surface area contributed by atoms with Crippen molar-refractivity contribution in [3.05, 3.63) is 35.4 Å². The summed E-state index contributed by atoms with van der Waals surface area (Å²) in [5, 5.41) is 3.13. The van der Waals surface area contributed by atoms with Gasteiger partial charge in [-0.25, -0.2) is 0 Å². The van der Waals surface area contributed by atoms with Crippen LogP contribution in [0.2, 0.25) is 0 Å². The van der Waals surface area contributed by atoms with Gasteiger partial charge in [-0.1, -0.05) is 31.2 Å². The second-order valence-electron chi connectivity index (χ2n) is 4.99. The number of ether oxygens (including phenoxy) is 1. The lowest BCUT2D eigenvalue weighted by Crippen LogP contribution is -2.12. The number of hydrogen-bond donors (Lipinski definition) is 2. The van der Waals surface area contributed by atoms with Crippen LogP contribution in [0.15, 0.2) is 24.3 Å². The number of anilines is 2. The molecule has 2 rings (SSSR count). The summed E-state index contributed by atoms with van der Waals surface area (Å²) in [5.41, 5.74) is 8.13. The van der Waals surface area contributed by atoms with Crippen molar-refractivity contribution >= 4 is 11.9 Å². The number of aryl methyl sites for hydroxylation is 1. The van der Waals surface area contributed by atoms with Crippen LogP contribution < -0.4 is 15.8 Å². The number of nitrogens with zero attached hydrogens (tertiary/aromatic N) is 3. The minimum absolute atomic E-state index is 0.0127. The lowest BCUT2D eigenvalue weighted by atomic mass is 10.1. The van der Waals surface area contributed by atoms with Crippen molar-refractivity contribution < 1.29 is 4.74 Å². The highest BCUT2D eigenvalue weighted by Crippen LogP contribution is 2.12. The number of hydrogen-bond acceptors (Lipinski definition) is 6. The molecule has 6 heteroatoms. The number of nitrogens with one attached hydrogen (secondary N) is 1. The molecule has 1 heterocycles. The highest BCUT2D eigenvalue weighted by Gasteiger charge is 2.07. The second-order valence-corrected chi connectivity index (χ2v) is 4.99. The average Bonchev–Trinajstić information content (AvgIpc) is 2.44. The highest BCUT2D eigenvalue weighted by molar-refractivity contribution is 5.34. The van der Waals surface area contributed by atoms with Gasteiger partial charge in [0.2, 0.25) is 11.9 Å². The van der Waals surface area contributed by atoms with Gasteiger partial charge in [0.05, 0.1) is 6.10 Å². The summed E-state index contributed by atoms with van der Waals surface area (Å²) in [4.78, 5) is 12.2. The molecular formula is C15H21N5O.